The third-order valence-corrected chi connectivity index (χ3v) is 3.27. The standard InChI is InChI=1S/C15H22FN3/c1-4-19(5-2)11-12(3)18-10-14-8-6-7-13(9-17)15(14)16/h6-8,12,18H,4-5,10-11H2,1-3H3. The highest BCUT2D eigenvalue weighted by molar-refractivity contribution is 5.34. The van der Waals surface area contributed by atoms with Gasteiger partial charge in [0.05, 0.1) is 5.56 Å². The van der Waals surface area contributed by atoms with Crippen LogP contribution in [0.4, 0.5) is 4.39 Å². The van der Waals surface area contributed by atoms with Gasteiger partial charge in [0.15, 0.2) is 0 Å². The highest BCUT2D eigenvalue weighted by Gasteiger charge is 2.10. The monoisotopic (exact) mass is 263 g/mol. The number of benzene rings is 1. The van der Waals surface area contributed by atoms with Gasteiger partial charge in [-0.2, -0.15) is 5.26 Å². The lowest BCUT2D eigenvalue weighted by molar-refractivity contribution is 0.270. The third-order valence-electron chi connectivity index (χ3n) is 3.27. The Labute approximate surface area is 115 Å². The fourth-order valence-corrected chi connectivity index (χ4v) is 2.02. The molecule has 1 N–H and O–H groups in total. The van der Waals surface area contributed by atoms with Crippen LogP contribution in [0.5, 0.6) is 0 Å². The summed E-state index contributed by atoms with van der Waals surface area (Å²) in [6.45, 7) is 9.76. The lowest BCUT2D eigenvalue weighted by Gasteiger charge is -2.23. The second-order valence-corrected chi connectivity index (χ2v) is 4.66. The van der Waals surface area contributed by atoms with E-state index in [0.717, 1.165) is 19.6 Å². The van der Waals surface area contributed by atoms with Crippen LogP contribution in [0.25, 0.3) is 0 Å². The number of hydrogen-bond acceptors (Lipinski definition) is 3. The maximum Gasteiger partial charge on any atom is 0.145 e. The van der Waals surface area contributed by atoms with Crippen molar-refractivity contribution in [3.63, 3.8) is 0 Å². The molecule has 0 radical (unpaired) electrons. The van der Waals surface area contributed by atoms with Crippen molar-refractivity contribution in [2.45, 2.75) is 33.4 Å². The van der Waals surface area contributed by atoms with Crippen LogP contribution in [0, 0.1) is 17.1 Å². The predicted octanol–water partition coefficient (Wildman–Crippen LogP) is 2.52. The Balaban J connectivity index is 2.55. The average Bonchev–Trinajstić information content (AvgIpc) is 2.43. The summed E-state index contributed by atoms with van der Waals surface area (Å²) in [5, 5.41) is 12.1. The molecule has 1 aromatic carbocycles. The molecule has 104 valence electrons. The number of likely N-dealkylation sites (N-methyl/N-ethyl adjacent to an activating group) is 1. The summed E-state index contributed by atoms with van der Waals surface area (Å²) in [6, 6.07) is 7.07. The van der Waals surface area contributed by atoms with Gasteiger partial charge in [-0.25, -0.2) is 4.39 Å². The quantitative estimate of drug-likeness (QED) is 0.821. The molecule has 0 amide bonds. The van der Waals surface area contributed by atoms with E-state index in [1.54, 1.807) is 12.1 Å². The van der Waals surface area contributed by atoms with Gasteiger partial charge < -0.3 is 10.2 Å². The van der Waals surface area contributed by atoms with E-state index in [1.807, 2.05) is 6.07 Å². The molecule has 0 saturated heterocycles. The Hall–Kier alpha value is -1.44. The molecule has 0 heterocycles. The third kappa shape index (κ3) is 4.62. The maximum atomic E-state index is 13.8. The summed E-state index contributed by atoms with van der Waals surface area (Å²) >= 11 is 0. The van der Waals surface area contributed by atoms with Crippen LogP contribution >= 0.6 is 0 Å². The molecule has 1 aromatic rings. The van der Waals surface area contributed by atoms with Gasteiger partial charge in [-0.05, 0) is 26.1 Å². The Morgan fingerprint density at radius 3 is 2.63 bits per heavy atom. The van der Waals surface area contributed by atoms with Crippen LogP contribution < -0.4 is 5.32 Å². The highest BCUT2D eigenvalue weighted by Crippen LogP contribution is 2.12. The van der Waals surface area contributed by atoms with E-state index in [2.05, 4.69) is 31.0 Å². The van der Waals surface area contributed by atoms with Gasteiger partial charge in [0, 0.05) is 24.7 Å². The van der Waals surface area contributed by atoms with Crippen molar-refractivity contribution in [3.8, 4) is 6.07 Å². The minimum Gasteiger partial charge on any atom is -0.309 e. The van der Waals surface area contributed by atoms with Crippen molar-refractivity contribution in [2.75, 3.05) is 19.6 Å². The van der Waals surface area contributed by atoms with E-state index in [-0.39, 0.29) is 11.6 Å². The van der Waals surface area contributed by atoms with E-state index in [1.165, 1.54) is 6.07 Å². The van der Waals surface area contributed by atoms with Crippen molar-refractivity contribution >= 4 is 0 Å². The zero-order valence-electron chi connectivity index (χ0n) is 11.9. The molecule has 0 saturated carbocycles. The maximum absolute atomic E-state index is 13.8. The van der Waals surface area contributed by atoms with Crippen LogP contribution in [0.1, 0.15) is 31.9 Å². The normalized spacial score (nSPS) is 12.4. The first-order valence-corrected chi connectivity index (χ1v) is 6.75. The number of nitriles is 1. The first-order valence-electron chi connectivity index (χ1n) is 6.75. The van der Waals surface area contributed by atoms with E-state index < -0.39 is 5.82 Å². The molecule has 0 aliphatic heterocycles. The molecule has 4 heteroatoms. The summed E-state index contributed by atoms with van der Waals surface area (Å²) < 4.78 is 13.8. The Morgan fingerprint density at radius 2 is 2.05 bits per heavy atom. The summed E-state index contributed by atoms with van der Waals surface area (Å²) in [4.78, 5) is 2.32. The fraction of sp³-hybridized carbons (Fsp3) is 0.533. The van der Waals surface area contributed by atoms with Gasteiger partial charge in [0.2, 0.25) is 0 Å². The average molecular weight is 263 g/mol. The molecule has 3 nitrogen and oxygen atoms in total. The number of nitrogens with zero attached hydrogens (tertiary/aromatic N) is 2. The summed E-state index contributed by atoms with van der Waals surface area (Å²) in [5.41, 5.74) is 0.654. The van der Waals surface area contributed by atoms with Crippen molar-refractivity contribution in [1.29, 1.82) is 5.26 Å². The number of hydrogen-bond donors (Lipinski definition) is 1. The van der Waals surface area contributed by atoms with Gasteiger partial charge in [-0.15, -0.1) is 0 Å². The summed E-state index contributed by atoms with van der Waals surface area (Å²) in [7, 11) is 0. The molecule has 1 atom stereocenters. The lowest BCUT2D eigenvalue weighted by Crippen LogP contribution is -2.38. The second-order valence-electron chi connectivity index (χ2n) is 4.66. The van der Waals surface area contributed by atoms with Crippen molar-refractivity contribution in [2.24, 2.45) is 0 Å². The summed E-state index contributed by atoms with van der Waals surface area (Å²) in [6.07, 6.45) is 0. The van der Waals surface area contributed by atoms with Gasteiger partial charge in [0.1, 0.15) is 11.9 Å². The number of halogens is 1. The fourth-order valence-electron chi connectivity index (χ4n) is 2.02. The molecule has 19 heavy (non-hydrogen) atoms. The molecule has 0 aliphatic rings. The van der Waals surface area contributed by atoms with Gasteiger partial charge in [-0.3, -0.25) is 0 Å². The zero-order chi connectivity index (χ0) is 14.3. The molecule has 0 bridgehead atoms. The molecule has 1 unspecified atom stereocenters. The van der Waals surface area contributed by atoms with E-state index >= 15 is 0 Å². The zero-order valence-corrected chi connectivity index (χ0v) is 11.9. The van der Waals surface area contributed by atoms with Crippen molar-refractivity contribution in [3.05, 3.63) is 35.1 Å². The van der Waals surface area contributed by atoms with E-state index in [4.69, 9.17) is 5.26 Å². The topological polar surface area (TPSA) is 39.1 Å². The molecular weight excluding hydrogens is 241 g/mol. The summed E-state index contributed by atoms with van der Waals surface area (Å²) in [5.74, 6) is -0.410. The number of nitrogens with one attached hydrogen (secondary N) is 1. The Bertz CT molecular complexity index is 436. The molecule has 0 aliphatic carbocycles. The van der Waals surface area contributed by atoms with E-state index in [9.17, 15) is 4.39 Å². The Kier molecular flexibility index (Phi) is 6.48. The minimum absolute atomic E-state index is 0.107. The molecule has 0 spiro atoms. The molecule has 0 aromatic heterocycles. The van der Waals surface area contributed by atoms with Crippen molar-refractivity contribution in [1.82, 2.24) is 10.2 Å². The minimum atomic E-state index is -0.410. The van der Waals surface area contributed by atoms with E-state index in [0.29, 0.717) is 12.1 Å². The van der Waals surface area contributed by atoms with Crippen molar-refractivity contribution < 1.29 is 4.39 Å². The van der Waals surface area contributed by atoms with Crippen LogP contribution in [0.3, 0.4) is 0 Å². The van der Waals surface area contributed by atoms with Gasteiger partial charge in [-0.1, -0.05) is 26.0 Å². The lowest BCUT2D eigenvalue weighted by atomic mass is 10.1. The number of rotatable bonds is 7. The SMILES string of the molecule is CCN(CC)CC(C)NCc1cccc(C#N)c1F. The van der Waals surface area contributed by atoms with Crippen LogP contribution in [-0.4, -0.2) is 30.6 Å². The smallest absolute Gasteiger partial charge is 0.145 e. The predicted molar refractivity (Wildman–Crippen MR) is 75.2 cm³/mol. The highest BCUT2D eigenvalue weighted by atomic mass is 19.1. The first-order chi connectivity index (χ1) is 9.12. The first kappa shape index (κ1) is 15.6. The molecule has 1 rings (SSSR count). The second kappa shape index (κ2) is 7.88. The van der Waals surface area contributed by atoms with Gasteiger partial charge in [0.25, 0.3) is 0 Å². The molecular formula is C15H22FN3. The van der Waals surface area contributed by atoms with Gasteiger partial charge >= 0.3 is 0 Å². The van der Waals surface area contributed by atoms with Crippen LogP contribution in [0.2, 0.25) is 0 Å². The van der Waals surface area contributed by atoms with Crippen LogP contribution in [-0.2, 0) is 6.54 Å². The Morgan fingerprint density at radius 1 is 1.37 bits per heavy atom. The van der Waals surface area contributed by atoms with Crippen LogP contribution in [0.15, 0.2) is 18.2 Å². The largest absolute Gasteiger partial charge is 0.309 e. The molecule has 0 fully saturated rings.